The van der Waals surface area contributed by atoms with Crippen molar-refractivity contribution in [1.29, 1.82) is 0 Å². The van der Waals surface area contributed by atoms with Gasteiger partial charge in [-0.2, -0.15) is 14.6 Å². The van der Waals surface area contributed by atoms with Gasteiger partial charge in [-0.25, -0.2) is 9.59 Å². The Hall–Kier alpha value is -5.92. The van der Waals surface area contributed by atoms with Crippen LogP contribution in [0.4, 0.5) is 26.8 Å². The summed E-state index contributed by atoms with van der Waals surface area (Å²) in [4.78, 5) is 61.1. The van der Waals surface area contributed by atoms with E-state index in [2.05, 4.69) is 58.8 Å². The quantitative estimate of drug-likeness (QED) is 0.133. The van der Waals surface area contributed by atoms with Crippen molar-refractivity contribution >= 4 is 46.8 Å². The lowest BCUT2D eigenvalue weighted by molar-refractivity contribution is -0.111. The van der Waals surface area contributed by atoms with E-state index in [0.29, 0.717) is 46.4 Å². The number of fused-ring (bicyclic) bond motifs is 1. The number of hydrogen-bond acceptors (Lipinski definition) is 9. The average molecular weight is 838 g/mol. The molecule has 2 N–H and O–H groups in total. The summed E-state index contributed by atoms with van der Waals surface area (Å²) in [5.74, 6) is 0.0695. The molecule has 61 heavy (non-hydrogen) atoms. The van der Waals surface area contributed by atoms with E-state index < -0.39 is 17.3 Å². The minimum absolute atomic E-state index is 0.0426. The van der Waals surface area contributed by atoms with E-state index in [1.165, 1.54) is 4.90 Å². The molecule has 1 fully saturated rings. The first-order valence-electron chi connectivity index (χ1n) is 20.8. The van der Waals surface area contributed by atoms with Crippen LogP contribution in [-0.2, 0) is 20.8 Å². The molecule has 14 nitrogen and oxygen atoms in total. The van der Waals surface area contributed by atoms with Crippen molar-refractivity contribution < 1.29 is 33.4 Å². The predicted octanol–water partition coefficient (Wildman–Crippen LogP) is 10.0. The molecule has 0 unspecified atom stereocenters. The van der Waals surface area contributed by atoms with E-state index in [-0.39, 0.29) is 53.8 Å². The zero-order chi connectivity index (χ0) is 45.1. The Morgan fingerprint density at radius 1 is 0.934 bits per heavy atom. The summed E-state index contributed by atoms with van der Waals surface area (Å²) in [6.45, 7) is 27.9. The van der Waals surface area contributed by atoms with Crippen LogP contribution in [0.5, 0.6) is 5.88 Å². The lowest BCUT2D eigenvalue weighted by Gasteiger charge is -2.49. The lowest BCUT2D eigenvalue weighted by Crippen LogP contribution is -2.57. The highest BCUT2D eigenvalue weighted by molar-refractivity contribution is 6.06. The zero-order valence-corrected chi connectivity index (χ0v) is 37.8. The molecule has 4 amide bonds. The van der Waals surface area contributed by atoms with Crippen LogP contribution in [0.1, 0.15) is 123 Å². The van der Waals surface area contributed by atoms with Gasteiger partial charge in [-0.1, -0.05) is 52.5 Å². The summed E-state index contributed by atoms with van der Waals surface area (Å²) in [7, 11) is 0. The molecule has 1 saturated heterocycles. The predicted molar refractivity (Wildman–Crippen MR) is 238 cm³/mol. The Bertz CT molecular complexity index is 2260. The number of carbonyl (C=O) groups excluding carboxylic acids is 4. The largest absolute Gasteiger partial charge is 0.477 e. The fourth-order valence-corrected chi connectivity index (χ4v) is 7.11. The molecule has 1 atom stereocenters. The average Bonchev–Trinajstić information content (AvgIpc) is 3.59. The third-order valence-corrected chi connectivity index (χ3v) is 10.6. The van der Waals surface area contributed by atoms with E-state index in [1.54, 1.807) is 80.0 Å². The van der Waals surface area contributed by atoms with Crippen molar-refractivity contribution in [2.45, 2.75) is 125 Å². The van der Waals surface area contributed by atoms with Crippen LogP contribution in [0.3, 0.4) is 0 Å². The zero-order valence-electron chi connectivity index (χ0n) is 37.8. The highest BCUT2D eigenvalue weighted by Crippen LogP contribution is 2.41. The molecule has 5 rings (SSSR count). The number of aromatic nitrogens is 3. The van der Waals surface area contributed by atoms with Gasteiger partial charge >= 0.3 is 12.2 Å². The molecule has 4 aromatic rings. The molecule has 1 aliphatic heterocycles. The van der Waals surface area contributed by atoms with Gasteiger partial charge in [-0.15, -0.1) is 0 Å². The monoisotopic (exact) mass is 837 g/mol. The number of ether oxygens (including phenoxy) is 3. The van der Waals surface area contributed by atoms with Crippen LogP contribution in [-0.4, -0.2) is 73.4 Å². The topological polar surface area (TPSA) is 157 Å². The molecule has 3 heterocycles. The molecular formula is C47H63N7O7. The molecule has 0 spiro atoms. The maximum atomic E-state index is 14.2. The van der Waals surface area contributed by atoms with E-state index in [9.17, 15) is 19.2 Å². The van der Waals surface area contributed by atoms with Gasteiger partial charge in [0.05, 0.1) is 19.3 Å². The number of piperidine rings is 1. The number of nitrogens with zero attached hydrogens (tertiary/aromatic N) is 5. The van der Waals surface area contributed by atoms with E-state index in [4.69, 9.17) is 24.3 Å². The molecular weight excluding hydrogens is 775 g/mol. The highest BCUT2D eigenvalue weighted by Gasteiger charge is 2.44. The van der Waals surface area contributed by atoms with E-state index in [0.717, 1.165) is 24.5 Å². The second kappa shape index (κ2) is 18.0. The number of rotatable bonds is 12. The molecule has 0 bridgehead atoms. The molecule has 328 valence electrons. The smallest absolute Gasteiger partial charge is 0.416 e. The Labute approximate surface area is 360 Å². The Balaban J connectivity index is 1.46. The third kappa shape index (κ3) is 11.9. The molecule has 14 heteroatoms. The Morgan fingerprint density at radius 2 is 1.59 bits per heavy atom. The summed E-state index contributed by atoms with van der Waals surface area (Å²) in [5, 5.41) is 10.3. The van der Waals surface area contributed by atoms with Crippen LogP contribution in [0.25, 0.3) is 5.65 Å². The van der Waals surface area contributed by atoms with Crippen molar-refractivity contribution in [2.75, 3.05) is 28.7 Å². The molecule has 2 aromatic heterocycles. The van der Waals surface area contributed by atoms with Crippen LogP contribution < -0.4 is 20.3 Å². The third-order valence-electron chi connectivity index (χ3n) is 10.6. The fraction of sp³-hybridized carbons (Fsp3) is 0.489. The van der Waals surface area contributed by atoms with Gasteiger partial charge in [0.2, 0.25) is 11.8 Å². The van der Waals surface area contributed by atoms with E-state index in [1.807, 2.05) is 31.7 Å². The molecule has 1 aliphatic rings. The van der Waals surface area contributed by atoms with Gasteiger partial charge in [0, 0.05) is 46.1 Å². The standard InChI is InChI=1S/C47H63N7O7/c1-14-37(55)49-35-20-16-18-32(24-35)41(56)50-34-19-15-17-31(23-34)27-52(42(57)60-44(4,5)6)39-25-38(51-40-36(30(2)3)26-48-54(39)40)59-29-46(10,11)33-21-22-47(12,13)53(28-33)43(58)61-45(7,8)9/h14-20,23-26,30,33H,1,21-22,27-29H2,2-13H3,(H,49,55)(H,50,56)/t33-/m0/s1. The number of benzene rings is 2. The molecule has 2 aromatic carbocycles. The Kier molecular flexibility index (Phi) is 13.6. The van der Waals surface area contributed by atoms with Gasteiger partial charge in [-0.3, -0.25) is 14.5 Å². The van der Waals surface area contributed by atoms with E-state index >= 15 is 0 Å². The normalized spacial score (nSPS) is 15.6. The number of anilines is 3. The maximum Gasteiger partial charge on any atom is 0.416 e. The first-order chi connectivity index (χ1) is 28.4. The number of amides is 4. The number of nitrogens with one attached hydrogen (secondary N) is 2. The van der Waals surface area contributed by atoms with Crippen LogP contribution in [0.2, 0.25) is 0 Å². The fourth-order valence-electron chi connectivity index (χ4n) is 7.11. The second-order valence-electron chi connectivity index (χ2n) is 19.4. The summed E-state index contributed by atoms with van der Waals surface area (Å²) in [6, 6.07) is 15.5. The second-order valence-corrected chi connectivity index (χ2v) is 19.4. The Morgan fingerprint density at radius 3 is 2.23 bits per heavy atom. The summed E-state index contributed by atoms with van der Waals surface area (Å²) < 4.78 is 20.0. The van der Waals surface area contributed by atoms with Crippen molar-refractivity contribution in [1.82, 2.24) is 19.5 Å². The summed E-state index contributed by atoms with van der Waals surface area (Å²) in [6.07, 6.45) is 3.66. The summed E-state index contributed by atoms with van der Waals surface area (Å²) >= 11 is 0. The van der Waals surface area contributed by atoms with Crippen molar-refractivity contribution in [2.24, 2.45) is 11.3 Å². The number of carbonyl (C=O) groups is 4. The SMILES string of the molecule is C=CC(=O)Nc1cccc(C(=O)Nc2cccc(CN(C(=O)OC(C)(C)C)c3cc(OCC(C)(C)[C@H]4CCC(C)(C)N(C(=O)OC(C)(C)C)C4)nc4c(C(C)C)cnn34)c2)c1. The minimum atomic E-state index is -0.824. The number of likely N-dealkylation sites (tertiary alicyclic amines) is 1. The number of hydrogen-bond donors (Lipinski definition) is 2. The first kappa shape index (κ1) is 46.2. The molecule has 0 saturated carbocycles. The van der Waals surface area contributed by atoms with Crippen LogP contribution >= 0.6 is 0 Å². The first-order valence-corrected chi connectivity index (χ1v) is 20.8. The molecule has 0 radical (unpaired) electrons. The highest BCUT2D eigenvalue weighted by atomic mass is 16.6. The van der Waals surface area contributed by atoms with Gasteiger partial charge in [0.15, 0.2) is 5.65 Å². The van der Waals surface area contributed by atoms with Gasteiger partial charge in [0.25, 0.3) is 5.91 Å². The van der Waals surface area contributed by atoms with Crippen LogP contribution in [0.15, 0.2) is 73.4 Å². The van der Waals surface area contributed by atoms with Crippen LogP contribution in [0, 0.1) is 11.3 Å². The summed E-state index contributed by atoms with van der Waals surface area (Å²) in [5.41, 5.74) is 1.20. The van der Waals surface area contributed by atoms with Gasteiger partial charge < -0.3 is 29.7 Å². The maximum absolute atomic E-state index is 14.2. The van der Waals surface area contributed by atoms with Crippen molar-refractivity contribution in [3.05, 3.63) is 90.1 Å². The lowest BCUT2D eigenvalue weighted by atomic mass is 9.72. The molecule has 0 aliphatic carbocycles. The van der Waals surface area contributed by atoms with Gasteiger partial charge in [-0.05, 0) is 122 Å². The minimum Gasteiger partial charge on any atom is -0.477 e. The van der Waals surface area contributed by atoms with Crippen molar-refractivity contribution in [3.63, 3.8) is 0 Å². The van der Waals surface area contributed by atoms with Gasteiger partial charge in [0.1, 0.15) is 17.0 Å². The van der Waals surface area contributed by atoms with Crippen molar-refractivity contribution in [3.8, 4) is 5.88 Å².